The molecule has 0 bridgehead atoms. The molecule has 0 fully saturated rings. The summed E-state index contributed by atoms with van der Waals surface area (Å²) >= 11 is 11.8. The van der Waals surface area contributed by atoms with Gasteiger partial charge in [0.2, 0.25) is 5.91 Å². The van der Waals surface area contributed by atoms with Crippen LogP contribution in [0.1, 0.15) is 0 Å². The fourth-order valence-electron chi connectivity index (χ4n) is 2.07. The van der Waals surface area contributed by atoms with Crippen molar-refractivity contribution in [2.75, 3.05) is 5.32 Å². The van der Waals surface area contributed by atoms with Gasteiger partial charge in [-0.3, -0.25) is 14.2 Å². The lowest BCUT2D eigenvalue weighted by molar-refractivity contribution is -0.116. The minimum atomic E-state index is -0.412. The lowest BCUT2D eigenvalue weighted by Crippen LogP contribution is -2.28. The third kappa shape index (κ3) is 3.33. The molecule has 1 aromatic carbocycles. The smallest absolute Gasteiger partial charge is 0.261 e. The highest BCUT2D eigenvalue weighted by Crippen LogP contribution is 2.17. The number of nitrogens with one attached hydrogen (secondary N) is 1. The number of carbonyl (C=O) groups is 1. The Labute approximate surface area is 140 Å². The van der Waals surface area contributed by atoms with Crippen LogP contribution in [0.5, 0.6) is 0 Å². The molecular weight excluding hydrogens is 339 g/mol. The molecule has 0 saturated heterocycles. The van der Waals surface area contributed by atoms with E-state index in [-0.39, 0.29) is 17.3 Å². The number of benzene rings is 1. The third-order valence-electron chi connectivity index (χ3n) is 3.13. The molecule has 6 nitrogen and oxygen atoms in total. The second kappa shape index (κ2) is 6.36. The summed E-state index contributed by atoms with van der Waals surface area (Å²) in [5.41, 5.74) is 0.556. The number of nitrogens with zero attached hydrogens (tertiary/aromatic N) is 3. The molecule has 1 amide bonds. The summed E-state index contributed by atoms with van der Waals surface area (Å²) in [5.74, 6) is -0.412. The van der Waals surface area contributed by atoms with Crippen molar-refractivity contribution in [1.29, 1.82) is 0 Å². The maximum Gasteiger partial charge on any atom is 0.261 e. The molecule has 0 saturated carbocycles. The molecule has 0 aliphatic carbocycles. The molecule has 23 heavy (non-hydrogen) atoms. The van der Waals surface area contributed by atoms with Gasteiger partial charge in [0.25, 0.3) is 5.56 Å². The Morgan fingerprint density at radius 3 is 2.83 bits per heavy atom. The number of fused-ring (bicyclic) bond motifs is 1. The van der Waals surface area contributed by atoms with Crippen molar-refractivity contribution in [2.45, 2.75) is 6.54 Å². The first-order valence-corrected chi connectivity index (χ1v) is 7.35. The summed E-state index contributed by atoms with van der Waals surface area (Å²) in [6.07, 6.45) is 2.84. The predicted molar refractivity (Wildman–Crippen MR) is 88.9 cm³/mol. The Morgan fingerprint density at radius 2 is 2.04 bits per heavy atom. The quantitative estimate of drug-likeness (QED) is 0.738. The van der Waals surface area contributed by atoms with Crippen LogP contribution >= 0.6 is 23.2 Å². The van der Waals surface area contributed by atoms with Crippen molar-refractivity contribution in [3.8, 4) is 0 Å². The van der Waals surface area contributed by atoms with Crippen molar-refractivity contribution >= 4 is 45.7 Å². The number of anilines is 1. The van der Waals surface area contributed by atoms with Crippen LogP contribution in [0.2, 0.25) is 10.2 Å². The second-order valence-electron chi connectivity index (χ2n) is 4.73. The van der Waals surface area contributed by atoms with Gasteiger partial charge in [-0.2, -0.15) is 0 Å². The van der Waals surface area contributed by atoms with Gasteiger partial charge in [-0.1, -0.05) is 23.2 Å². The third-order valence-corrected chi connectivity index (χ3v) is 3.67. The SMILES string of the molecule is O=C(Cn1cnc2ccc(Cl)cc2c1=O)Nc1cccnc1Cl. The van der Waals surface area contributed by atoms with Crippen LogP contribution in [0.4, 0.5) is 5.69 Å². The van der Waals surface area contributed by atoms with Crippen LogP contribution in [0.3, 0.4) is 0 Å². The highest BCUT2D eigenvalue weighted by Gasteiger charge is 2.10. The molecule has 0 radical (unpaired) electrons. The molecule has 3 rings (SSSR count). The number of halogens is 2. The molecule has 0 aliphatic rings. The normalized spacial score (nSPS) is 10.7. The van der Waals surface area contributed by atoms with Gasteiger partial charge in [-0.15, -0.1) is 0 Å². The molecule has 0 aliphatic heterocycles. The van der Waals surface area contributed by atoms with Crippen molar-refractivity contribution in [1.82, 2.24) is 14.5 Å². The molecular formula is C15H10Cl2N4O2. The van der Waals surface area contributed by atoms with Crippen LogP contribution < -0.4 is 10.9 Å². The Hall–Kier alpha value is -2.44. The first-order valence-electron chi connectivity index (χ1n) is 6.59. The van der Waals surface area contributed by atoms with Gasteiger partial charge in [-0.05, 0) is 30.3 Å². The fraction of sp³-hybridized carbons (Fsp3) is 0.0667. The Balaban J connectivity index is 1.87. The molecule has 0 unspecified atom stereocenters. The second-order valence-corrected chi connectivity index (χ2v) is 5.52. The van der Waals surface area contributed by atoms with E-state index in [4.69, 9.17) is 23.2 Å². The van der Waals surface area contributed by atoms with Gasteiger partial charge in [0, 0.05) is 11.2 Å². The molecule has 0 atom stereocenters. The molecule has 8 heteroatoms. The summed E-state index contributed by atoms with van der Waals surface area (Å²) in [4.78, 5) is 32.5. The zero-order valence-electron chi connectivity index (χ0n) is 11.7. The summed E-state index contributed by atoms with van der Waals surface area (Å²) in [6.45, 7) is -0.195. The molecule has 3 aromatic rings. The van der Waals surface area contributed by atoms with Gasteiger partial charge in [0.15, 0.2) is 5.15 Å². The van der Waals surface area contributed by atoms with Gasteiger partial charge < -0.3 is 5.32 Å². The van der Waals surface area contributed by atoms with Gasteiger partial charge in [-0.25, -0.2) is 9.97 Å². The van der Waals surface area contributed by atoms with E-state index >= 15 is 0 Å². The first-order chi connectivity index (χ1) is 11.0. The van der Waals surface area contributed by atoms with Crippen LogP contribution in [-0.4, -0.2) is 20.4 Å². The summed E-state index contributed by atoms with van der Waals surface area (Å²) in [6, 6.07) is 8.09. The topological polar surface area (TPSA) is 76.9 Å². The molecule has 116 valence electrons. The number of hydrogen-bond acceptors (Lipinski definition) is 4. The summed E-state index contributed by atoms with van der Waals surface area (Å²) in [5, 5.41) is 3.56. The highest BCUT2D eigenvalue weighted by atomic mass is 35.5. The lowest BCUT2D eigenvalue weighted by atomic mass is 10.2. The average Bonchev–Trinajstić information content (AvgIpc) is 2.53. The molecule has 2 aromatic heterocycles. The largest absolute Gasteiger partial charge is 0.322 e. The first kappa shape index (κ1) is 15.5. The minimum Gasteiger partial charge on any atom is -0.322 e. The van der Waals surface area contributed by atoms with Crippen molar-refractivity contribution in [3.63, 3.8) is 0 Å². The number of carbonyl (C=O) groups excluding carboxylic acids is 1. The van der Waals surface area contributed by atoms with E-state index < -0.39 is 5.91 Å². The maximum absolute atomic E-state index is 12.4. The monoisotopic (exact) mass is 348 g/mol. The number of pyridine rings is 1. The number of hydrogen-bond donors (Lipinski definition) is 1. The van der Waals surface area contributed by atoms with Crippen LogP contribution in [-0.2, 0) is 11.3 Å². The standard InChI is InChI=1S/C15H10Cl2N4O2/c16-9-3-4-11-10(6-9)15(23)21(8-19-11)7-13(22)20-12-2-1-5-18-14(12)17/h1-6,8H,7H2,(H,20,22). The van der Waals surface area contributed by atoms with Crippen molar-refractivity contribution in [2.24, 2.45) is 0 Å². The van der Waals surface area contributed by atoms with E-state index in [2.05, 4.69) is 15.3 Å². The van der Waals surface area contributed by atoms with E-state index in [9.17, 15) is 9.59 Å². The van der Waals surface area contributed by atoms with Crippen molar-refractivity contribution < 1.29 is 4.79 Å². The average molecular weight is 349 g/mol. The van der Waals surface area contributed by atoms with Gasteiger partial charge in [0.05, 0.1) is 22.9 Å². The Kier molecular flexibility index (Phi) is 4.27. The van der Waals surface area contributed by atoms with Crippen molar-refractivity contribution in [3.05, 3.63) is 63.4 Å². The van der Waals surface area contributed by atoms with E-state index in [0.29, 0.717) is 21.6 Å². The predicted octanol–water partition coefficient (Wildman–Crippen LogP) is 2.74. The molecule has 1 N–H and O–H groups in total. The number of amides is 1. The molecule has 2 heterocycles. The Bertz CT molecular complexity index is 956. The highest BCUT2D eigenvalue weighted by molar-refractivity contribution is 6.32. The molecule has 0 spiro atoms. The fourth-order valence-corrected chi connectivity index (χ4v) is 2.41. The summed E-state index contributed by atoms with van der Waals surface area (Å²) < 4.78 is 1.21. The number of aromatic nitrogens is 3. The zero-order valence-corrected chi connectivity index (χ0v) is 13.2. The van der Waals surface area contributed by atoms with E-state index in [1.165, 1.54) is 23.2 Å². The summed E-state index contributed by atoms with van der Waals surface area (Å²) in [7, 11) is 0. The van der Waals surface area contributed by atoms with E-state index in [1.54, 1.807) is 24.3 Å². The van der Waals surface area contributed by atoms with E-state index in [1.807, 2.05) is 0 Å². The van der Waals surface area contributed by atoms with Crippen LogP contribution in [0.15, 0.2) is 47.7 Å². The van der Waals surface area contributed by atoms with E-state index in [0.717, 1.165) is 0 Å². The lowest BCUT2D eigenvalue weighted by Gasteiger charge is -2.08. The van der Waals surface area contributed by atoms with Gasteiger partial charge >= 0.3 is 0 Å². The maximum atomic E-state index is 12.4. The number of rotatable bonds is 3. The van der Waals surface area contributed by atoms with Crippen LogP contribution in [0, 0.1) is 0 Å². The minimum absolute atomic E-state index is 0.177. The van der Waals surface area contributed by atoms with Gasteiger partial charge in [0.1, 0.15) is 6.54 Å². The zero-order chi connectivity index (χ0) is 16.4. The van der Waals surface area contributed by atoms with Crippen LogP contribution in [0.25, 0.3) is 10.9 Å². The Morgan fingerprint density at radius 1 is 1.22 bits per heavy atom.